The Balaban J connectivity index is 1.38. The molecule has 0 amide bonds. The largest absolute Gasteiger partial charge is 0.492 e. The van der Waals surface area contributed by atoms with Crippen molar-refractivity contribution in [2.24, 2.45) is 0 Å². The van der Waals surface area contributed by atoms with Gasteiger partial charge >= 0.3 is 0 Å². The lowest BCUT2D eigenvalue weighted by molar-refractivity contribution is 0.338. The highest BCUT2D eigenvalue weighted by Crippen LogP contribution is 2.17. The molecule has 0 saturated carbocycles. The topological polar surface area (TPSA) is 22.1 Å². The first-order valence-electron chi connectivity index (χ1n) is 10.1. The van der Waals surface area contributed by atoms with Crippen molar-refractivity contribution < 1.29 is 9.13 Å². The van der Waals surface area contributed by atoms with Crippen LogP contribution in [0.15, 0.2) is 79.0 Å². The maximum absolute atomic E-state index is 13.3. The van der Waals surface area contributed by atoms with Gasteiger partial charge in [0.25, 0.3) is 0 Å². The van der Waals surface area contributed by atoms with Gasteiger partial charge in [-0.15, -0.1) is 0 Å². The van der Waals surface area contributed by atoms with Crippen LogP contribution in [0.5, 0.6) is 5.75 Å². The lowest BCUT2D eigenvalue weighted by atomic mass is 10.0. The normalized spacial score (nSPS) is 10.5. The number of fused-ring (bicyclic) bond motifs is 1. The number of rotatable bonds is 5. The van der Waals surface area contributed by atoms with Crippen molar-refractivity contribution in [3.05, 3.63) is 107 Å². The average Bonchev–Trinajstić information content (AvgIpc) is 2.78. The number of hydrogen-bond acceptors (Lipinski definition) is 2. The number of aryl methyl sites for hydroxylation is 2. The Morgan fingerprint density at radius 2 is 1.53 bits per heavy atom. The lowest BCUT2D eigenvalue weighted by Crippen LogP contribution is -1.96. The highest BCUT2D eigenvalue weighted by atomic mass is 19.1. The van der Waals surface area contributed by atoms with Crippen molar-refractivity contribution in [3.8, 4) is 17.6 Å². The van der Waals surface area contributed by atoms with E-state index in [2.05, 4.69) is 29.0 Å². The molecule has 0 atom stereocenters. The zero-order chi connectivity index (χ0) is 20.8. The van der Waals surface area contributed by atoms with Gasteiger partial charge in [0.15, 0.2) is 0 Å². The first kappa shape index (κ1) is 19.7. The highest BCUT2D eigenvalue weighted by Gasteiger charge is 2.00. The van der Waals surface area contributed by atoms with Gasteiger partial charge in [-0.2, -0.15) is 0 Å². The summed E-state index contributed by atoms with van der Waals surface area (Å²) in [5, 5.41) is 1.87. The van der Waals surface area contributed by atoms with Crippen molar-refractivity contribution in [2.75, 3.05) is 6.61 Å². The first-order chi connectivity index (χ1) is 14.7. The monoisotopic (exact) mass is 395 g/mol. The summed E-state index contributed by atoms with van der Waals surface area (Å²) in [6.07, 6.45) is 3.59. The van der Waals surface area contributed by atoms with Crippen LogP contribution in [0, 0.1) is 17.7 Å². The fourth-order valence-electron chi connectivity index (χ4n) is 3.28. The van der Waals surface area contributed by atoms with Crippen molar-refractivity contribution in [3.63, 3.8) is 0 Å². The minimum absolute atomic E-state index is 0.222. The molecule has 0 aliphatic carbocycles. The van der Waals surface area contributed by atoms with Gasteiger partial charge in [0, 0.05) is 16.8 Å². The molecule has 1 aromatic heterocycles. The summed E-state index contributed by atoms with van der Waals surface area (Å²) in [5.74, 6) is 6.99. The summed E-state index contributed by atoms with van der Waals surface area (Å²) in [5.41, 5.74) is 4.19. The van der Waals surface area contributed by atoms with E-state index in [9.17, 15) is 4.39 Å². The maximum atomic E-state index is 13.3. The van der Waals surface area contributed by atoms with Gasteiger partial charge in [-0.3, -0.25) is 4.98 Å². The maximum Gasteiger partial charge on any atom is 0.137 e. The molecule has 0 radical (unpaired) electrons. The summed E-state index contributed by atoms with van der Waals surface area (Å²) < 4.78 is 18.7. The Morgan fingerprint density at radius 3 is 2.30 bits per heavy atom. The Morgan fingerprint density at radius 1 is 0.800 bits per heavy atom. The van der Waals surface area contributed by atoms with Crippen LogP contribution in [-0.2, 0) is 12.8 Å². The van der Waals surface area contributed by atoms with Gasteiger partial charge in [0.2, 0.25) is 0 Å². The van der Waals surface area contributed by atoms with Crippen LogP contribution in [-0.4, -0.2) is 11.6 Å². The number of hydrogen-bond donors (Lipinski definition) is 0. The van der Waals surface area contributed by atoms with E-state index in [1.54, 1.807) is 12.3 Å². The van der Waals surface area contributed by atoms with E-state index in [4.69, 9.17) is 4.74 Å². The SMILES string of the molecule is CCOc1ccc(CCc2ccc(C#Cc3ccc4cc(F)ccc4c3)cc2)nc1. The number of ether oxygens (including phenoxy) is 1. The quantitative estimate of drug-likeness (QED) is 0.389. The number of halogens is 1. The molecule has 0 aliphatic rings. The molecule has 1 heterocycles. The van der Waals surface area contributed by atoms with Crippen LogP contribution < -0.4 is 4.74 Å². The smallest absolute Gasteiger partial charge is 0.137 e. The molecule has 0 N–H and O–H groups in total. The minimum Gasteiger partial charge on any atom is -0.492 e. The van der Waals surface area contributed by atoms with Gasteiger partial charge in [-0.05, 0) is 84.6 Å². The van der Waals surface area contributed by atoms with E-state index in [0.29, 0.717) is 6.61 Å². The summed E-state index contributed by atoms with van der Waals surface area (Å²) in [6.45, 7) is 2.61. The molecule has 0 bridgehead atoms. The van der Waals surface area contributed by atoms with Crippen LogP contribution in [0.1, 0.15) is 29.3 Å². The van der Waals surface area contributed by atoms with Crippen LogP contribution in [0.25, 0.3) is 10.8 Å². The molecule has 148 valence electrons. The first-order valence-corrected chi connectivity index (χ1v) is 10.1. The molecule has 4 rings (SSSR count). The Kier molecular flexibility index (Phi) is 6.06. The van der Waals surface area contributed by atoms with Crippen LogP contribution in [0.4, 0.5) is 4.39 Å². The summed E-state index contributed by atoms with van der Waals surface area (Å²) in [4.78, 5) is 4.45. The van der Waals surface area contributed by atoms with Crippen molar-refractivity contribution in [1.29, 1.82) is 0 Å². The summed E-state index contributed by atoms with van der Waals surface area (Å²) >= 11 is 0. The third-order valence-corrected chi connectivity index (χ3v) is 4.89. The molecule has 0 unspecified atom stereocenters. The highest BCUT2D eigenvalue weighted by molar-refractivity contribution is 5.83. The van der Waals surface area contributed by atoms with Gasteiger partial charge in [0.1, 0.15) is 11.6 Å². The zero-order valence-corrected chi connectivity index (χ0v) is 16.9. The Hall–Kier alpha value is -3.64. The Bertz CT molecular complexity index is 1200. The third-order valence-electron chi connectivity index (χ3n) is 4.89. The van der Waals surface area contributed by atoms with Crippen LogP contribution in [0.2, 0.25) is 0 Å². The standard InChI is InChI=1S/C27H22FNO/c1-2-30-27-16-15-26(29-19-27)14-10-21-5-3-20(4-6-21)7-8-22-9-11-24-18-25(28)13-12-23(24)17-22/h3-6,9,11-13,15-19H,2,10,14H2,1H3. The molecule has 3 aromatic carbocycles. The van der Waals surface area contributed by atoms with E-state index >= 15 is 0 Å². The second-order valence-corrected chi connectivity index (χ2v) is 7.07. The van der Waals surface area contributed by atoms with E-state index in [0.717, 1.165) is 46.2 Å². The molecule has 0 saturated heterocycles. The summed E-state index contributed by atoms with van der Waals surface area (Å²) in [6, 6.07) is 22.9. The molecular formula is C27H22FNO. The number of pyridine rings is 1. The fraction of sp³-hybridized carbons (Fsp3) is 0.148. The molecular weight excluding hydrogens is 373 g/mol. The predicted molar refractivity (Wildman–Crippen MR) is 119 cm³/mol. The predicted octanol–water partition coefficient (Wildman–Crippen LogP) is 5.96. The van der Waals surface area contributed by atoms with Gasteiger partial charge in [0.05, 0.1) is 12.8 Å². The number of aromatic nitrogens is 1. The molecule has 0 spiro atoms. The second kappa shape index (κ2) is 9.24. The van der Waals surface area contributed by atoms with Crippen LogP contribution in [0.3, 0.4) is 0 Å². The lowest BCUT2D eigenvalue weighted by Gasteiger charge is -2.05. The molecule has 3 heteroatoms. The van der Waals surface area contributed by atoms with Gasteiger partial charge < -0.3 is 4.74 Å². The molecule has 4 aromatic rings. The summed E-state index contributed by atoms with van der Waals surface area (Å²) in [7, 11) is 0. The third kappa shape index (κ3) is 5.04. The van der Waals surface area contributed by atoms with E-state index < -0.39 is 0 Å². The Labute approximate surface area is 176 Å². The average molecular weight is 395 g/mol. The van der Waals surface area contributed by atoms with E-state index in [-0.39, 0.29) is 5.82 Å². The van der Waals surface area contributed by atoms with E-state index in [1.165, 1.54) is 17.7 Å². The molecule has 0 fully saturated rings. The van der Waals surface area contributed by atoms with Crippen molar-refractivity contribution >= 4 is 10.8 Å². The van der Waals surface area contributed by atoms with Crippen molar-refractivity contribution in [2.45, 2.75) is 19.8 Å². The van der Waals surface area contributed by atoms with Gasteiger partial charge in [-0.1, -0.05) is 36.1 Å². The fourth-order valence-corrected chi connectivity index (χ4v) is 3.28. The van der Waals surface area contributed by atoms with E-state index in [1.807, 2.05) is 49.4 Å². The molecule has 30 heavy (non-hydrogen) atoms. The van der Waals surface area contributed by atoms with Crippen LogP contribution >= 0.6 is 0 Å². The number of benzene rings is 3. The molecule has 0 aliphatic heterocycles. The number of nitrogens with zero attached hydrogens (tertiary/aromatic N) is 1. The van der Waals surface area contributed by atoms with Gasteiger partial charge in [-0.25, -0.2) is 4.39 Å². The molecule has 2 nitrogen and oxygen atoms in total. The second-order valence-electron chi connectivity index (χ2n) is 7.07. The minimum atomic E-state index is -0.222. The van der Waals surface area contributed by atoms with Crippen molar-refractivity contribution in [1.82, 2.24) is 4.98 Å². The zero-order valence-electron chi connectivity index (χ0n) is 16.9.